The Morgan fingerprint density at radius 3 is 2.40 bits per heavy atom. The van der Waals surface area contributed by atoms with Crippen LogP contribution in [0.2, 0.25) is 0 Å². The molecular formula is C18H17N3O4. The molecule has 0 saturated carbocycles. The predicted molar refractivity (Wildman–Crippen MR) is 89.5 cm³/mol. The summed E-state index contributed by atoms with van der Waals surface area (Å²) in [4.78, 5) is 16.0. The highest BCUT2D eigenvalue weighted by atomic mass is 16.5. The molecule has 0 bridgehead atoms. The van der Waals surface area contributed by atoms with Crippen molar-refractivity contribution in [2.24, 2.45) is 4.99 Å². The van der Waals surface area contributed by atoms with Crippen molar-refractivity contribution < 1.29 is 19.0 Å². The molecule has 3 aromatic rings. The van der Waals surface area contributed by atoms with E-state index in [2.05, 4.69) is 10.3 Å². The van der Waals surface area contributed by atoms with Crippen LogP contribution in [-0.2, 0) is 0 Å². The smallest absolute Gasteiger partial charge is 0.436 e. The normalized spacial score (nSPS) is 11.6. The van der Waals surface area contributed by atoms with E-state index >= 15 is 0 Å². The number of aromatic nitrogens is 2. The van der Waals surface area contributed by atoms with Gasteiger partial charge in [-0.2, -0.15) is 0 Å². The molecule has 0 amide bonds. The van der Waals surface area contributed by atoms with Gasteiger partial charge in [-0.3, -0.25) is 9.52 Å². The van der Waals surface area contributed by atoms with Crippen LogP contribution in [0.3, 0.4) is 0 Å². The number of methoxy groups -OCH3 is 1. The molecule has 0 radical (unpaired) electrons. The average molecular weight is 339 g/mol. The second kappa shape index (κ2) is 6.64. The highest BCUT2D eigenvalue weighted by Gasteiger charge is 2.23. The van der Waals surface area contributed by atoms with Gasteiger partial charge in [0, 0.05) is 12.1 Å². The quantitative estimate of drug-likeness (QED) is 0.440. The van der Waals surface area contributed by atoms with Gasteiger partial charge in [-0.25, -0.2) is 4.79 Å². The molecule has 0 saturated heterocycles. The number of aryl methyl sites for hydroxylation is 2. The van der Waals surface area contributed by atoms with E-state index in [4.69, 9.17) is 9.26 Å². The zero-order valence-corrected chi connectivity index (χ0v) is 14.1. The van der Waals surface area contributed by atoms with Crippen molar-refractivity contribution in [3.05, 3.63) is 69.7 Å². The number of ether oxygens (including phenoxy) is 1. The van der Waals surface area contributed by atoms with Gasteiger partial charge in [0.15, 0.2) is 0 Å². The lowest BCUT2D eigenvalue weighted by Crippen LogP contribution is -2.44. The second-order valence-electron chi connectivity index (χ2n) is 5.63. The minimum Gasteiger partial charge on any atom is -0.854 e. The summed E-state index contributed by atoms with van der Waals surface area (Å²) in [7, 11) is 1.56. The Labute approximate surface area is 143 Å². The lowest BCUT2D eigenvalue weighted by Gasteiger charge is -2.06. The summed E-state index contributed by atoms with van der Waals surface area (Å²) in [6.07, 6.45) is 0. The van der Waals surface area contributed by atoms with Crippen LogP contribution in [0.4, 0.5) is 5.69 Å². The third-order valence-electron chi connectivity index (χ3n) is 3.62. The summed E-state index contributed by atoms with van der Waals surface area (Å²) in [5, 5.41) is 15.0. The Kier molecular flexibility index (Phi) is 4.38. The van der Waals surface area contributed by atoms with E-state index in [1.165, 1.54) is 4.68 Å². The van der Waals surface area contributed by atoms with Gasteiger partial charge < -0.3 is 9.84 Å². The fourth-order valence-electron chi connectivity index (χ4n) is 2.55. The molecule has 128 valence electrons. The maximum atomic E-state index is 12.5. The number of hydrogen-bond donors (Lipinski definition) is 1. The topological polar surface area (TPSA) is 94.5 Å². The van der Waals surface area contributed by atoms with Gasteiger partial charge in [0.1, 0.15) is 5.75 Å². The number of hydrogen-bond acceptors (Lipinski definition) is 5. The molecule has 0 unspecified atom stereocenters. The maximum Gasteiger partial charge on any atom is 0.436 e. The number of aliphatic imine (C=N–C) groups is 1. The van der Waals surface area contributed by atoms with Crippen LogP contribution < -0.4 is 20.2 Å². The molecule has 7 nitrogen and oxygen atoms in total. The molecule has 25 heavy (non-hydrogen) atoms. The molecule has 0 aliphatic heterocycles. The standard InChI is InChI=1S/C18H17N3O4/c1-11-8-12(2)10-13(9-11)19-17(22)16-18(23)25-20-21(16)14-4-6-15(24-3)7-5-14/h4-10H,1-3H3,(H-,19,20,22,23). The highest BCUT2D eigenvalue weighted by Crippen LogP contribution is 2.17. The van der Waals surface area contributed by atoms with Gasteiger partial charge in [-0.05, 0) is 59.2 Å². The molecule has 0 aliphatic carbocycles. The molecular weight excluding hydrogens is 322 g/mol. The summed E-state index contributed by atoms with van der Waals surface area (Å²) in [5.41, 5.74) is 2.01. The highest BCUT2D eigenvalue weighted by molar-refractivity contribution is 5.88. The maximum absolute atomic E-state index is 12.5. The van der Waals surface area contributed by atoms with Gasteiger partial charge in [0.05, 0.1) is 18.7 Å². The SMILES string of the molecule is COc1ccc(-[n+]2[nH]oc(=O)c2C([O-])=Nc2cc(C)cc(C)c2)cc1. The molecule has 1 N–H and O–H groups in total. The summed E-state index contributed by atoms with van der Waals surface area (Å²) >= 11 is 0. The first-order chi connectivity index (χ1) is 12.0. The van der Waals surface area contributed by atoms with Crippen molar-refractivity contribution in [1.29, 1.82) is 0 Å². The molecule has 0 aliphatic rings. The summed E-state index contributed by atoms with van der Waals surface area (Å²) < 4.78 is 11.1. The van der Waals surface area contributed by atoms with Crippen LogP contribution in [0, 0.1) is 13.8 Å². The number of H-pyrrole nitrogens is 1. The first-order valence-corrected chi connectivity index (χ1v) is 7.60. The Hall–Kier alpha value is -3.35. The first-order valence-electron chi connectivity index (χ1n) is 7.60. The van der Waals surface area contributed by atoms with Crippen molar-refractivity contribution in [1.82, 2.24) is 5.27 Å². The minimum atomic E-state index is -0.783. The van der Waals surface area contributed by atoms with Crippen LogP contribution in [0.25, 0.3) is 5.69 Å². The van der Waals surface area contributed by atoms with E-state index in [1.807, 2.05) is 19.9 Å². The molecule has 0 fully saturated rings. The van der Waals surface area contributed by atoms with E-state index in [-0.39, 0.29) is 5.69 Å². The van der Waals surface area contributed by atoms with Gasteiger partial charge >= 0.3 is 11.3 Å². The molecule has 0 atom stereocenters. The molecule has 0 spiro atoms. The van der Waals surface area contributed by atoms with Crippen LogP contribution in [-0.4, -0.2) is 18.3 Å². The van der Waals surface area contributed by atoms with Gasteiger partial charge in [-0.1, -0.05) is 6.07 Å². The summed E-state index contributed by atoms with van der Waals surface area (Å²) in [6, 6.07) is 12.3. The van der Waals surface area contributed by atoms with Gasteiger partial charge in [0.25, 0.3) is 0 Å². The zero-order chi connectivity index (χ0) is 18.0. The van der Waals surface area contributed by atoms with Crippen molar-refractivity contribution in [2.45, 2.75) is 13.8 Å². The second-order valence-corrected chi connectivity index (χ2v) is 5.63. The predicted octanol–water partition coefficient (Wildman–Crippen LogP) is 1.31. The fourth-order valence-corrected chi connectivity index (χ4v) is 2.55. The van der Waals surface area contributed by atoms with Crippen LogP contribution in [0.15, 0.2) is 56.8 Å². The Balaban J connectivity index is 2.06. The van der Waals surface area contributed by atoms with Crippen molar-refractivity contribution >= 4 is 11.6 Å². The van der Waals surface area contributed by atoms with Gasteiger partial charge in [-0.15, -0.1) is 0 Å². The molecule has 1 aromatic heterocycles. The molecule has 2 aromatic carbocycles. The summed E-state index contributed by atoms with van der Waals surface area (Å²) in [5.74, 6) is -0.0289. The van der Waals surface area contributed by atoms with Crippen LogP contribution in [0.5, 0.6) is 5.75 Å². The third-order valence-corrected chi connectivity index (χ3v) is 3.62. The van der Waals surface area contributed by atoms with Crippen molar-refractivity contribution in [2.75, 3.05) is 7.11 Å². The van der Waals surface area contributed by atoms with Crippen LogP contribution >= 0.6 is 0 Å². The number of nitrogens with one attached hydrogen (secondary N) is 1. The number of rotatable bonds is 4. The largest absolute Gasteiger partial charge is 0.854 e. The third kappa shape index (κ3) is 3.45. The fraction of sp³-hybridized carbons (Fsp3) is 0.167. The number of aromatic amines is 1. The van der Waals surface area contributed by atoms with Crippen molar-refractivity contribution in [3.8, 4) is 11.4 Å². The van der Waals surface area contributed by atoms with E-state index in [1.54, 1.807) is 43.5 Å². The first kappa shape index (κ1) is 16.5. The van der Waals surface area contributed by atoms with Crippen LogP contribution in [0.1, 0.15) is 16.8 Å². The Bertz CT molecular complexity index is 964. The van der Waals surface area contributed by atoms with E-state index in [0.717, 1.165) is 11.1 Å². The lowest BCUT2D eigenvalue weighted by atomic mass is 10.1. The van der Waals surface area contributed by atoms with Crippen molar-refractivity contribution in [3.63, 3.8) is 0 Å². The zero-order valence-electron chi connectivity index (χ0n) is 14.1. The molecule has 1 heterocycles. The summed E-state index contributed by atoms with van der Waals surface area (Å²) in [6.45, 7) is 3.83. The number of benzene rings is 2. The number of nitrogens with zero attached hydrogens (tertiary/aromatic N) is 2. The molecule has 7 heteroatoms. The van der Waals surface area contributed by atoms with Gasteiger partial charge in [0.2, 0.25) is 5.69 Å². The van der Waals surface area contributed by atoms with E-state index in [0.29, 0.717) is 17.1 Å². The monoisotopic (exact) mass is 339 g/mol. The molecule has 3 rings (SSSR count). The Morgan fingerprint density at radius 2 is 1.80 bits per heavy atom. The average Bonchev–Trinajstić information content (AvgIpc) is 2.95. The Morgan fingerprint density at radius 1 is 1.16 bits per heavy atom. The van der Waals surface area contributed by atoms with E-state index < -0.39 is 11.5 Å². The van der Waals surface area contributed by atoms with E-state index in [9.17, 15) is 9.90 Å². The lowest BCUT2D eigenvalue weighted by molar-refractivity contribution is -0.673. The minimum absolute atomic E-state index is 0.204.